The Morgan fingerprint density at radius 2 is 2.35 bits per heavy atom. The largest absolute Gasteiger partial charge is 0.508 e. The summed E-state index contributed by atoms with van der Waals surface area (Å²) in [5, 5.41) is 16.0. The van der Waals surface area contributed by atoms with Crippen LogP contribution in [0.15, 0.2) is 28.8 Å². The summed E-state index contributed by atoms with van der Waals surface area (Å²) < 4.78 is 5.26. The van der Waals surface area contributed by atoms with Crippen molar-refractivity contribution in [2.24, 2.45) is 5.92 Å². The highest BCUT2D eigenvalue weighted by Gasteiger charge is 2.26. The molecule has 1 amide bonds. The molecule has 2 N–H and O–H groups in total. The Balaban J connectivity index is 1.83. The minimum absolute atomic E-state index is 0.110. The second kappa shape index (κ2) is 5.00. The van der Waals surface area contributed by atoms with Crippen LogP contribution in [0.5, 0.6) is 5.75 Å². The summed E-state index contributed by atoms with van der Waals surface area (Å²) in [7, 11) is 0. The number of amides is 1. The Morgan fingerprint density at radius 3 is 3.15 bits per heavy atom. The van der Waals surface area contributed by atoms with Crippen LogP contribution in [0.3, 0.4) is 0 Å². The van der Waals surface area contributed by atoms with Gasteiger partial charge in [-0.15, -0.1) is 0 Å². The molecule has 0 bridgehead atoms. The smallest absolute Gasteiger partial charge is 0.278 e. The number of nitrogens with zero attached hydrogens (tertiary/aromatic N) is 1. The van der Waals surface area contributed by atoms with Gasteiger partial charge in [-0.05, 0) is 30.9 Å². The number of carbonyl (C=O) groups is 1. The first kappa shape index (κ1) is 12.7. The zero-order valence-corrected chi connectivity index (χ0v) is 11.2. The molecule has 0 radical (unpaired) electrons. The minimum Gasteiger partial charge on any atom is -0.508 e. The summed E-state index contributed by atoms with van der Waals surface area (Å²) in [5.74, 6) is 1.17. The van der Waals surface area contributed by atoms with E-state index in [4.69, 9.17) is 4.52 Å². The fourth-order valence-electron chi connectivity index (χ4n) is 2.53. The molecular weight excluding hydrogens is 256 g/mol. The van der Waals surface area contributed by atoms with Gasteiger partial charge in [-0.3, -0.25) is 4.79 Å². The van der Waals surface area contributed by atoms with E-state index in [-0.39, 0.29) is 11.7 Å². The highest BCUT2D eigenvalue weighted by Crippen LogP contribution is 2.28. The first-order valence-electron chi connectivity index (χ1n) is 6.71. The topological polar surface area (TPSA) is 75.4 Å². The van der Waals surface area contributed by atoms with Gasteiger partial charge in [0.2, 0.25) is 0 Å². The lowest BCUT2D eigenvalue weighted by molar-refractivity contribution is 0.101. The Morgan fingerprint density at radius 1 is 1.50 bits per heavy atom. The number of aromatic hydroxyl groups is 1. The third-order valence-electron chi connectivity index (χ3n) is 3.61. The Hall–Kier alpha value is -2.30. The number of hydrogen-bond acceptors (Lipinski definition) is 4. The molecule has 0 aliphatic heterocycles. The van der Waals surface area contributed by atoms with Crippen molar-refractivity contribution in [2.45, 2.75) is 26.2 Å². The van der Waals surface area contributed by atoms with E-state index in [1.54, 1.807) is 18.2 Å². The standard InChI is InChI=1S/C15H16N2O3/c1-9-5-6-13-12(7-9)14(17-20-13)15(19)16-10-3-2-4-11(18)8-10/h2-4,8-9,18H,5-7H2,1H3,(H,16,19). The first-order valence-corrected chi connectivity index (χ1v) is 6.71. The van der Waals surface area contributed by atoms with Gasteiger partial charge in [0.05, 0.1) is 0 Å². The zero-order valence-electron chi connectivity index (χ0n) is 11.2. The maximum atomic E-state index is 12.2. The molecule has 0 saturated carbocycles. The molecule has 1 heterocycles. The van der Waals surface area contributed by atoms with E-state index in [1.165, 1.54) is 6.07 Å². The molecule has 0 fully saturated rings. The van der Waals surface area contributed by atoms with E-state index in [1.807, 2.05) is 0 Å². The van der Waals surface area contributed by atoms with Crippen molar-refractivity contribution in [3.8, 4) is 5.75 Å². The van der Waals surface area contributed by atoms with E-state index >= 15 is 0 Å². The summed E-state index contributed by atoms with van der Waals surface area (Å²) in [6.07, 6.45) is 2.72. The molecule has 0 spiro atoms. The summed E-state index contributed by atoms with van der Waals surface area (Å²) in [6.45, 7) is 2.16. The SMILES string of the molecule is CC1CCc2onc(C(=O)Nc3cccc(O)c3)c2C1. The minimum atomic E-state index is -0.297. The maximum absolute atomic E-state index is 12.2. The normalized spacial score (nSPS) is 17.6. The van der Waals surface area contributed by atoms with Crippen molar-refractivity contribution in [2.75, 3.05) is 5.32 Å². The Bertz CT molecular complexity index is 648. The van der Waals surface area contributed by atoms with E-state index in [9.17, 15) is 9.90 Å². The van der Waals surface area contributed by atoms with Gasteiger partial charge in [0.25, 0.3) is 5.91 Å². The van der Waals surface area contributed by atoms with E-state index in [0.717, 1.165) is 30.6 Å². The van der Waals surface area contributed by atoms with Crippen molar-refractivity contribution in [1.29, 1.82) is 0 Å². The maximum Gasteiger partial charge on any atom is 0.278 e. The van der Waals surface area contributed by atoms with Crippen molar-refractivity contribution in [1.82, 2.24) is 5.16 Å². The number of aromatic nitrogens is 1. The molecule has 0 saturated heterocycles. The highest BCUT2D eigenvalue weighted by atomic mass is 16.5. The van der Waals surface area contributed by atoms with Gasteiger partial charge in [-0.1, -0.05) is 18.1 Å². The van der Waals surface area contributed by atoms with Crippen LogP contribution >= 0.6 is 0 Å². The lowest BCUT2D eigenvalue weighted by atomic mass is 9.88. The van der Waals surface area contributed by atoms with Gasteiger partial charge >= 0.3 is 0 Å². The van der Waals surface area contributed by atoms with Crippen molar-refractivity contribution in [3.63, 3.8) is 0 Å². The summed E-state index contributed by atoms with van der Waals surface area (Å²) in [6, 6.07) is 6.43. The molecule has 5 heteroatoms. The van der Waals surface area contributed by atoms with Crippen LogP contribution in [0.4, 0.5) is 5.69 Å². The first-order chi connectivity index (χ1) is 9.63. The molecule has 1 aromatic carbocycles. The van der Waals surface area contributed by atoms with Gasteiger partial charge in [0.15, 0.2) is 5.69 Å². The van der Waals surface area contributed by atoms with Crippen LogP contribution in [0, 0.1) is 5.92 Å². The van der Waals surface area contributed by atoms with E-state index in [2.05, 4.69) is 17.4 Å². The number of rotatable bonds is 2. The number of phenolic OH excluding ortho intramolecular Hbond substituents is 1. The average Bonchev–Trinajstić information content (AvgIpc) is 2.81. The van der Waals surface area contributed by atoms with Crippen molar-refractivity contribution >= 4 is 11.6 Å². The molecule has 1 unspecified atom stereocenters. The lowest BCUT2D eigenvalue weighted by Crippen LogP contribution is -2.17. The predicted octanol–water partition coefficient (Wildman–Crippen LogP) is 2.76. The number of nitrogens with one attached hydrogen (secondary N) is 1. The predicted molar refractivity (Wildman–Crippen MR) is 73.8 cm³/mol. The van der Waals surface area contributed by atoms with Crippen LogP contribution < -0.4 is 5.32 Å². The third kappa shape index (κ3) is 2.39. The van der Waals surface area contributed by atoms with Crippen molar-refractivity contribution < 1.29 is 14.4 Å². The molecule has 1 aromatic heterocycles. The monoisotopic (exact) mass is 272 g/mol. The van der Waals surface area contributed by atoms with Gasteiger partial charge < -0.3 is 14.9 Å². The Labute approximate surface area is 116 Å². The molecule has 5 nitrogen and oxygen atoms in total. The van der Waals surface area contributed by atoms with Crippen LogP contribution in [-0.4, -0.2) is 16.2 Å². The zero-order chi connectivity index (χ0) is 14.1. The molecule has 2 aromatic rings. The van der Waals surface area contributed by atoms with Gasteiger partial charge in [-0.2, -0.15) is 0 Å². The summed E-state index contributed by atoms with van der Waals surface area (Å²) in [4.78, 5) is 12.2. The van der Waals surface area contributed by atoms with Crippen LogP contribution in [0.2, 0.25) is 0 Å². The van der Waals surface area contributed by atoms with Crippen molar-refractivity contribution in [3.05, 3.63) is 41.3 Å². The number of anilines is 1. The van der Waals surface area contributed by atoms with Crippen LogP contribution in [-0.2, 0) is 12.8 Å². The quantitative estimate of drug-likeness (QED) is 0.881. The van der Waals surface area contributed by atoms with E-state index < -0.39 is 0 Å². The Kier molecular flexibility index (Phi) is 3.18. The lowest BCUT2D eigenvalue weighted by Gasteiger charge is -2.16. The fourth-order valence-corrected chi connectivity index (χ4v) is 2.53. The fraction of sp³-hybridized carbons (Fsp3) is 0.333. The second-order valence-corrected chi connectivity index (χ2v) is 5.29. The number of benzene rings is 1. The third-order valence-corrected chi connectivity index (χ3v) is 3.61. The molecular formula is C15H16N2O3. The summed E-state index contributed by atoms with van der Waals surface area (Å²) in [5.41, 5.74) is 1.81. The molecule has 1 aliphatic rings. The average molecular weight is 272 g/mol. The number of hydrogen-bond donors (Lipinski definition) is 2. The number of fused-ring (bicyclic) bond motifs is 1. The molecule has 1 aliphatic carbocycles. The molecule has 3 rings (SSSR count). The van der Waals surface area contributed by atoms with Gasteiger partial charge in [-0.25, -0.2) is 0 Å². The number of phenols is 1. The van der Waals surface area contributed by atoms with Crippen LogP contribution in [0.25, 0.3) is 0 Å². The van der Waals surface area contributed by atoms with E-state index in [0.29, 0.717) is 17.3 Å². The van der Waals surface area contributed by atoms with Crippen LogP contribution in [0.1, 0.15) is 35.2 Å². The number of aryl methyl sites for hydroxylation is 1. The summed E-state index contributed by atoms with van der Waals surface area (Å²) >= 11 is 0. The highest BCUT2D eigenvalue weighted by molar-refractivity contribution is 6.04. The second-order valence-electron chi connectivity index (χ2n) is 5.29. The molecule has 1 atom stereocenters. The molecule has 20 heavy (non-hydrogen) atoms. The van der Waals surface area contributed by atoms with Gasteiger partial charge in [0.1, 0.15) is 11.5 Å². The van der Waals surface area contributed by atoms with Gasteiger partial charge in [0, 0.05) is 23.7 Å². The number of carbonyl (C=O) groups excluding carboxylic acids is 1. The molecule has 104 valence electrons.